The molecule has 3 aliphatic heterocycles. The average molecular weight is 412 g/mol. The van der Waals surface area contributed by atoms with Crippen LogP contribution < -0.4 is 0 Å². The highest BCUT2D eigenvalue weighted by Gasteiger charge is 2.31. The van der Waals surface area contributed by atoms with Crippen LogP contribution in [0.4, 0.5) is 0 Å². The van der Waals surface area contributed by atoms with Gasteiger partial charge in [0.25, 0.3) is 5.91 Å². The number of likely N-dealkylation sites (tertiary alicyclic amines) is 3. The van der Waals surface area contributed by atoms with E-state index in [0.717, 1.165) is 57.3 Å². The topological polar surface area (TPSA) is 60.9 Å². The molecule has 3 amide bonds. The van der Waals surface area contributed by atoms with Crippen molar-refractivity contribution in [2.75, 3.05) is 32.7 Å². The summed E-state index contributed by atoms with van der Waals surface area (Å²) in [6.45, 7) is 4.44. The third kappa shape index (κ3) is 4.85. The molecule has 0 saturated carbocycles. The molecule has 1 aromatic carbocycles. The second kappa shape index (κ2) is 9.63. The Hall–Kier alpha value is -2.37. The standard InChI is InChI=1S/C24H33N3O3/c28-22-9-6-14-27(22)18-19-7-5-8-21(17-19)24(30)26-15-10-20(11-16-26)23(29)25-12-3-1-2-4-13-25/h5,7-8,17,20H,1-4,6,9-16,18H2. The van der Waals surface area contributed by atoms with Gasteiger partial charge in [0.15, 0.2) is 0 Å². The Labute approximate surface area is 179 Å². The molecule has 3 fully saturated rings. The molecular formula is C24H33N3O3. The van der Waals surface area contributed by atoms with Gasteiger partial charge < -0.3 is 14.7 Å². The van der Waals surface area contributed by atoms with Crippen molar-refractivity contribution < 1.29 is 14.4 Å². The molecule has 0 spiro atoms. The molecule has 0 N–H and O–H groups in total. The van der Waals surface area contributed by atoms with Crippen LogP contribution >= 0.6 is 0 Å². The van der Waals surface area contributed by atoms with Crippen LogP contribution in [0.15, 0.2) is 24.3 Å². The first-order valence-corrected chi connectivity index (χ1v) is 11.6. The Morgan fingerprint density at radius 2 is 1.60 bits per heavy atom. The largest absolute Gasteiger partial charge is 0.342 e. The molecule has 3 saturated heterocycles. The van der Waals surface area contributed by atoms with Crippen LogP contribution in [0.3, 0.4) is 0 Å². The number of carbonyl (C=O) groups is 3. The van der Waals surface area contributed by atoms with E-state index in [9.17, 15) is 14.4 Å². The summed E-state index contributed by atoms with van der Waals surface area (Å²) in [6, 6.07) is 7.65. The zero-order chi connectivity index (χ0) is 20.9. The Balaban J connectivity index is 1.32. The first-order valence-electron chi connectivity index (χ1n) is 11.6. The van der Waals surface area contributed by atoms with Crippen LogP contribution in [0.2, 0.25) is 0 Å². The van der Waals surface area contributed by atoms with Gasteiger partial charge in [0.1, 0.15) is 0 Å². The van der Waals surface area contributed by atoms with E-state index in [2.05, 4.69) is 4.90 Å². The van der Waals surface area contributed by atoms with Gasteiger partial charge in [-0.25, -0.2) is 0 Å². The fourth-order valence-electron chi connectivity index (χ4n) is 4.96. The van der Waals surface area contributed by atoms with E-state index < -0.39 is 0 Å². The summed E-state index contributed by atoms with van der Waals surface area (Å²) in [4.78, 5) is 43.6. The van der Waals surface area contributed by atoms with E-state index in [1.807, 2.05) is 34.1 Å². The van der Waals surface area contributed by atoms with Crippen molar-refractivity contribution in [3.05, 3.63) is 35.4 Å². The molecule has 4 rings (SSSR count). The van der Waals surface area contributed by atoms with Gasteiger partial charge in [-0.15, -0.1) is 0 Å². The van der Waals surface area contributed by atoms with Gasteiger partial charge in [0.2, 0.25) is 11.8 Å². The molecule has 0 atom stereocenters. The van der Waals surface area contributed by atoms with Gasteiger partial charge in [-0.05, 0) is 49.8 Å². The van der Waals surface area contributed by atoms with Crippen molar-refractivity contribution in [2.45, 2.75) is 57.9 Å². The highest BCUT2D eigenvalue weighted by atomic mass is 16.2. The zero-order valence-corrected chi connectivity index (χ0v) is 17.9. The van der Waals surface area contributed by atoms with Crippen molar-refractivity contribution in [3.63, 3.8) is 0 Å². The molecule has 0 radical (unpaired) electrons. The van der Waals surface area contributed by atoms with E-state index in [0.29, 0.717) is 37.5 Å². The highest BCUT2D eigenvalue weighted by molar-refractivity contribution is 5.94. The minimum Gasteiger partial charge on any atom is -0.342 e. The third-order valence-electron chi connectivity index (χ3n) is 6.77. The summed E-state index contributed by atoms with van der Waals surface area (Å²) < 4.78 is 0. The van der Waals surface area contributed by atoms with Crippen LogP contribution in [0.1, 0.15) is 67.3 Å². The molecule has 162 valence electrons. The minimum atomic E-state index is 0.0327. The molecule has 0 aliphatic carbocycles. The third-order valence-corrected chi connectivity index (χ3v) is 6.77. The minimum absolute atomic E-state index is 0.0327. The van der Waals surface area contributed by atoms with Crippen LogP contribution in [0, 0.1) is 5.92 Å². The van der Waals surface area contributed by atoms with Crippen LogP contribution in [-0.2, 0) is 16.1 Å². The number of nitrogens with zero attached hydrogens (tertiary/aromatic N) is 3. The van der Waals surface area contributed by atoms with Crippen molar-refractivity contribution in [1.82, 2.24) is 14.7 Å². The molecule has 6 nitrogen and oxygen atoms in total. The number of hydrogen-bond donors (Lipinski definition) is 0. The van der Waals surface area contributed by atoms with Crippen molar-refractivity contribution in [3.8, 4) is 0 Å². The Morgan fingerprint density at radius 1 is 0.867 bits per heavy atom. The fraction of sp³-hybridized carbons (Fsp3) is 0.625. The van der Waals surface area contributed by atoms with Gasteiger partial charge in [0.05, 0.1) is 0 Å². The lowest BCUT2D eigenvalue weighted by Crippen LogP contribution is -2.44. The van der Waals surface area contributed by atoms with Gasteiger partial charge in [-0.2, -0.15) is 0 Å². The van der Waals surface area contributed by atoms with Gasteiger partial charge in [-0.1, -0.05) is 25.0 Å². The van der Waals surface area contributed by atoms with Gasteiger partial charge in [-0.3, -0.25) is 14.4 Å². The van der Waals surface area contributed by atoms with Crippen molar-refractivity contribution in [1.29, 1.82) is 0 Å². The summed E-state index contributed by atoms with van der Waals surface area (Å²) in [7, 11) is 0. The van der Waals surface area contributed by atoms with E-state index >= 15 is 0 Å². The summed E-state index contributed by atoms with van der Waals surface area (Å²) in [5.41, 5.74) is 1.68. The molecular weight excluding hydrogens is 378 g/mol. The second-order valence-corrected chi connectivity index (χ2v) is 8.93. The van der Waals surface area contributed by atoms with E-state index in [-0.39, 0.29) is 17.7 Å². The molecule has 0 unspecified atom stereocenters. The van der Waals surface area contributed by atoms with Gasteiger partial charge in [0, 0.05) is 57.2 Å². The summed E-state index contributed by atoms with van der Waals surface area (Å²) >= 11 is 0. The van der Waals surface area contributed by atoms with Crippen LogP contribution in [0.5, 0.6) is 0 Å². The lowest BCUT2D eigenvalue weighted by Gasteiger charge is -2.34. The Kier molecular flexibility index (Phi) is 6.70. The second-order valence-electron chi connectivity index (χ2n) is 8.93. The number of carbonyl (C=O) groups excluding carboxylic acids is 3. The summed E-state index contributed by atoms with van der Waals surface area (Å²) in [5, 5.41) is 0. The van der Waals surface area contributed by atoms with E-state index in [4.69, 9.17) is 0 Å². The van der Waals surface area contributed by atoms with E-state index in [1.54, 1.807) is 0 Å². The number of piperidine rings is 1. The first-order chi connectivity index (χ1) is 14.6. The monoisotopic (exact) mass is 411 g/mol. The van der Waals surface area contributed by atoms with Crippen molar-refractivity contribution in [2.24, 2.45) is 5.92 Å². The quantitative estimate of drug-likeness (QED) is 0.765. The number of benzene rings is 1. The van der Waals surface area contributed by atoms with Crippen LogP contribution in [0.25, 0.3) is 0 Å². The molecule has 0 aromatic heterocycles. The maximum Gasteiger partial charge on any atom is 0.253 e. The summed E-state index contributed by atoms with van der Waals surface area (Å²) in [6.07, 6.45) is 7.73. The normalized spacial score (nSPS) is 21.1. The Bertz CT molecular complexity index is 778. The molecule has 3 heterocycles. The molecule has 30 heavy (non-hydrogen) atoms. The fourth-order valence-corrected chi connectivity index (χ4v) is 4.96. The maximum atomic E-state index is 13.0. The number of rotatable bonds is 4. The van der Waals surface area contributed by atoms with Gasteiger partial charge >= 0.3 is 0 Å². The molecule has 1 aromatic rings. The maximum absolute atomic E-state index is 13.0. The van der Waals surface area contributed by atoms with Crippen molar-refractivity contribution >= 4 is 17.7 Å². The predicted molar refractivity (Wildman–Crippen MR) is 115 cm³/mol. The number of hydrogen-bond acceptors (Lipinski definition) is 3. The lowest BCUT2D eigenvalue weighted by molar-refractivity contribution is -0.136. The number of amides is 3. The predicted octanol–water partition coefficient (Wildman–Crippen LogP) is 3.06. The lowest BCUT2D eigenvalue weighted by atomic mass is 9.94. The SMILES string of the molecule is O=C1CCCN1Cc1cccc(C(=O)N2CCC(C(=O)N3CCCCCC3)CC2)c1. The first kappa shape index (κ1) is 20.9. The van der Waals surface area contributed by atoms with Crippen LogP contribution in [-0.4, -0.2) is 65.1 Å². The highest BCUT2D eigenvalue weighted by Crippen LogP contribution is 2.23. The molecule has 3 aliphatic rings. The van der Waals surface area contributed by atoms with E-state index in [1.165, 1.54) is 12.8 Å². The molecule has 6 heteroatoms. The smallest absolute Gasteiger partial charge is 0.253 e. The molecule has 0 bridgehead atoms. The summed E-state index contributed by atoms with van der Waals surface area (Å²) in [5.74, 6) is 0.578. The Morgan fingerprint density at radius 3 is 2.27 bits per heavy atom. The average Bonchev–Trinajstić information content (AvgIpc) is 3.01. The zero-order valence-electron chi connectivity index (χ0n) is 17.9.